The van der Waals surface area contributed by atoms with Gasteiger partial charge in [-0.1, -0.05) is 6.92 Å². The lowest BCUT2D eigenvalue weighted by molar-refractivity contribution is -0.124. The van der Waals surface area contributed by atoms with E-state index in [0.717, 1.165) is 19.4 Å². The number of carbonyl (C=O) groups excluding carboxylic acids is 1. The van der Waals surface area contributed by atoms with Gasteiger partial charge in [-0.3, -0.25) is 4.79 Å². The zero-order valence-electron chi connectivity index (χ0n) is 8.68. The molecule has 0 saturated carbocycles. The smallest absolute Gasteiger partial charge is 0.237 e. The molecule has 0 aromatic carbocycles. The maximum absolute atomic E-state index is 11.6. The van der Waals surface area contributed by atoms with Crippen molar-refractivity contribution >= 4 is 5.91 Å². The van der Waals surface area contributed by atoms with E-state index in [9.17, 15) is 4.79 Å². The summed E-state index contributed by atoms with van der Waals surface area (Å²) in [5, 5.41) is 6.07. The molecule has 1 aliphatic rings. The molecule has 0 bridgehead atoms. The van der Waals surface area contributed by atoms with E-state index >= 15 is 0 Å². The lowest BCUT2D eigenvalue weighted by atomic mass is 9.92. The summed E-state index contributed by atoms with van der Waals surface area (Å²) in [6.07, 6.45) is 7.99. The van der Waals surface area contributed by atoms with Gasteiger partial charge in [0.15, 0.2) is 0 Å². The molecule has 0 spiro atoms. The van der Waals surface area contributed by atoms with Crippen LogP contribution in [0.25, 0.3) is 0 Å². The molecular weight excluding hydrogens is 176 g/mol. The molecule has 14 heavy (non-hydrogen) atoms. The molecule has 1 amide bonds. The van der Waals surface area contributed by atoms with Crippen LogP contribution in [0.3, 0.4) is 0 Å². The third-order valence-corrected chi connectivity index (χ3v) is 2.62. The molecule has 0 aromatic heterocycles. The minimum atomic E-state index is -0.0264. The number of rotatable bonds is 3. The second kappa shape index (κ2) is 5.66. The lowest BCUT2D eigenvalue weighted by Crippen LogP contribution is -2.50. The Kier molecular flexibility index (Phi) is 4.48. The van der Waals surface area contributed by atoms with E-state index in [-0.39, 0.29) is 11.9 Å². The molecule has 2 N–H and O–H groups in total. The fourth-order valence-corrected chi connectivity index (χ4v) is 1.77. The highest BCUT2D eigenvalue weighted by molar-refractivity contribution is 5.82. The minimum Gasteiger partial charge on any atom is -0.354 e. The highest BCUT2D eigenvalue weighted by Crippen LogP contribution is 2.15. The van der Waals surface area contributed by atoms with Crippen LogP contribution >= 0.6 is 0 Å². The Balaban J connectivity index is 2.31. The van der Waals surface area contributed by atoms with Gasteiger partial charge in [0.2, 0.25) is 5.91 Å². The van der Waals surface area contributed by atoms with Crippen molar-refractivity contribution in [3.63, 3.8) is 0 Å². The van der Waals surface area contributed by atoms with Gasteiger partial charge in [0.1, 0.15) is 0 Å². The third kappa shape index (κ3) is 3.04. The molecule has 0 aromatic rings. The molecule has 2 atom stereocenters. The fraction of sp³-hybridized carbons (Fsp3) is 0.727. The lowest BCUT2D eigenvalue weighted by Gasteiger charge is -2.28. The van der Waals surface area contributed by atoms with Crippen LogP contribution in [0.1, 0.15) is 26.2 Å². The average Bonchev–Trinajstić information content (AvgIpc) is 2.18. The van der Waals surface area contributed by atoms with E-state index in [1.165, 1.54) is 0 Å². The van der Waals surface area contributed by atoms with Crippen LogP contribution in [0.2, 0.25) is 0 Å². The van der Waals surface area contributed by atoms with Crippen LogP contribution in [0.5, 0.6) is 0 Å². The Morgan fingerprint density at radius 2 is 2.50 bits per heavy atom. The summed E-state index contributed by atoms with van der Waals surface area (Å²) < 4.78 is 0. The summed E-state index contributed by atoms with van der Waals surface area (Å²) in [6.45, 7) is 3.63. The van der Waals surface area contributed by atoms with Crippen LogP contribution in [0, 0.1) is 18.3 Å². The number of hydrogen-bond donors (Lipinski definition) is 2. The van der Waals surface area contributed by atoms with Crippen molar-refractivity contribution in [1.82, 2.24) is 10.6 Å². The molecule has 1 aliphatic heterocycles. The fourth-order valence-electron chi connectivity index (χ4n) is 1.77. The molecule has 1 heterocycles. The van der Waals surface area contributed by atoms with Gasteiger partial charge in [-0.25, -0.2) is 0 Å². The van der Waals surface area contributed by atoms with E-state index in [1.54, 1.807) is 0 Å². The van der Waals surface area contributed by atoms with Gasteiger partial charge < -0.3 is 10.6 Å². The van der Waals surface area contributed by atoms with Crippen LogP contribution in [0.15, 0.2) is 0 Å². The largest absolute Gasteiger partial charge is 0.354 e. The SMILES string of the molecule is C#CCCNC(=O)C1NCCCC1C. The van der Waals surface area contributed by atoms with Gasteiger partial charge in [0, 0.05) is 13.0 Å². The quantitative estimate of drug-likeness (QED) is 0.508. The predicted molar refractivity (Wildman–Crippen MR) is 56.6 cm³/mol. The molecule has 1 fully saturated rings. The van der Waals surface area contributed by atoms with Crippen LogP contribution in [0.4, 0.5) is 0 Å². The van der Waals surface area contributed by atoms with Gasteiger partial charge in [-0.05, 0) is 25.3 Å². The summed E-state index contributed by atoms with van der Waals surface area (Å²) in [5.41, 5.74) is 0. The molecule has 3 heteroatoms. The number of piperidine rings is 1. The molecule has 1 rings (SSSR count). The Hall–Kier alpha value is -1.01. The minimum absolute atomic E-state index is 0.0264. The first-order valence-electron chi connectivity index (χ1n) is 5.20. The maximum atomic E-state index is 11.6. The number of carbonyl (C=O) groups is 1. The monoisotopic (exact) mass is 194 g/mol. The first-order valence-corrected chi connectivity index (χ1v) is 5.20. The van der Waals surface area contributed by atoms with Crippen LogP contribution in [-0.4, -0.2) is 25.0 Å². The zero-order valence-corrected chi connectivity index (χ0v) is 8.68. The van der Waals surface area contributed by atoms with Gasteiger partial charge in [-0.15, -0.1) is 12.3 Å². The molecule has 0 aliphatic carbocycles. The molecule has 0 radical (unpaired) electrons. The Morgan fingerprint density at radius 1 is 1.71 bits per heavy atom. The average molecular weight is 194 g/mol. The van der Waals surface area contributed by atoms with E-state index in [4.69, 9.17) is 6.42 Å². The topological polar surface area (TPSA) is 41.1 Å². The summed E-state index contributed by atoms with van der Waals surface area (Å²) in [4.78, 5) is 11.6. The maximum Gasteiger partial charge on any atom is 0.237 e. The second-order valence-electron chi connectivity index (χ2n) is 3.80. The van der Waals surface area contributed by atoms with Gasteiger partial charge in [-0.2, -0.15) is 0 Å². The predicted octanol–water partition coefficient (Wildman–Crippen LogP) is 0.514. The standard InChI is InChI=1S/C11H18N2O/c1-3-4-7-13-11(14)10-9(2)6-5-8-12-10/h1,9-10,12H,4-8H2,2H3,(H,13,14). The summed E-state index contributed by atoms with van der Waals surface area (Å²) >= 11 is 0. The number of amides is 1. The van der Waals surface area contributed by atoms with Gasteiger partial charge in [0.25, 0.3) is 0 Å². The first kappa shape index (κ1) is 11.1. The number of hydrogen-bond acceptors (Lipinski definition) is 2. The highest BCUT2D eigenvalue weighted by Gasteiger charge is 2.26. The van der Waals surface area contributed by atoms with Crippen molar-refractivity contribution in [3.05, 3.63) is 0 Å². The van der Waals surface area contributed by atoms with Crippen molar-refractivity contribution in [2.24, 2.45) is 5.92 Å². The molecule has 1 saturated heterocycles. The highest BCUT2D eigenvalue weighted by atomic mass is 16.2. The van der Waals surface area contributed by atoms with Crippen molar-refractivity contribution in [1.29, 1.82) is 0 Å². The molecule has 78 valence electrons. The summed E-state index contributed by atoms with van der Waals surface area (Å²) in [6, 6.07) is -0.0264. The normalized spacial score (nSPS) is 26.6. The number of nitrogens with one attached hydrogen (secondary N) is 2. The van der Waals surface area contributed by atoms with Crippen LogP contribution in [-0.2, 0) is 4.79 Å². The Labute approximate surface area is 85.6 Å². The molecule has 2 unspecified atom stereocenters. The zero-order chi connectivity index (χ0) is 10.4. The molecular formula is C11H18N2O. The molecule has 3 nitrogen and oxygen atoms in total. The summed E-state index contributed by atoms with van der Waals surface area (Å²) in [5.74, 6) is 3.02. The van der Waals surface area contributed by atoms with E-state index in [0.29, 0.717) is 18.9 Å². The van der Waals surface area contributed by atoms with Crippen molar-refractivity contribution in [2.75, 3.05) is 13.1 Å². The first-order chi connectivity index (χ1) is 6.75. The van der Waals surface area contributed by atoms with E-state index < -0.39 is 0 Å². The van der Waals surface area contributed by atoms with Crippen molar-refractivity contribution in [2.45, 2.75) is 32.2 Å². The number of terminal acetylenes is 1. The third-order valence-electron chi connectivity index (χ3n) is 2.62. The van der Waals surface area contributed by atoms with Gasteiger partial charge >= 0.3 is 0 Å². The second-order valence-corrected chi connectivity index (χ2v) is 3.80. The van der Waals surface area contributed by atoms with Crippen molar-refractivity contribution < 1.29 is 4.79 Å². The Morgan fingerprint density at radius 3 is 3.14 bits per heavy atom. The summed E-state index contributed by atoms with van der Waals surface area (Å²) in [7, 11) is 0. The van der Waals surface area contributed by atoms with Gasteiger partial charge in [0.05, 0.1) is 6.04 Å². The van der Waals surface area contributed by atoms with E-state index in [1.807, 2.05) is 0 Å². The Bertz CT molecular complexity index is 232. The van der Waals surface area contributed by atoms with E-state index in [2.05, 4.69) is 23.5 Å². The van der Waals surface area contributed by atoms with Crippen molar-refractivity contribution in [3.8, 4) is 12.3 Å². The van der Waals surface area contributed by atoms with Crippen LogP contribution < -0.4 is 10.6 Å².